The molecule has 0 spiro atoms. The summed E-state index contributed by atoms with van der Waals surface area (Å²) in [6, 6.07) is 23.3. The number of carbonyl (C=O) groups is 1. The molecule has 0 bridgehead atoms. The fraction of sp³-hybridized carbons (Fsp3) is 0.400. The van der Waals surface area contributed by atoms with Crippen LogP contribution in [0.25, 0.3) is 0 Å². The fourth-order valence-corrected chi connectivity index (χ4v) is 9.08. The smallest absolute Gasteiger partial charge is 0.311 e. The summed E-state index contributed by atoms with van der Waals surface area (Å²) in [5.74, 6) is 0.455. The largest absolute Gasteiger partial charge is 1.00 e. The van der Waals surface area contributed by atoms with Crippen LogP contribution in [0.2, 0.25) is 0 Å². The Labute approximate surface area is 333 Å². The predicted molar refractivity (Wildman–Crippen MR) is 216 cm³/mol. The van der Waals surface area contributed by atoms with Crippen LogP contribution < -0.4 is 22.0 Å². The first-order valence-electron chi connectivity index (χ1n) is 18.9. The predicted octanol–water partition coefficient (Wildman–Crippen LogP) is 7.34. The first-order chi connectivity index (χ1) is 25.2. The van der Waals surface area contributed by atoms with Crippen molar-refractivity contribution in [3.63, 3.8) is 0 Å². The topological polar surface area (TPSA) is 66.7 Å². The van der Waals surface area contributed by atoms with Gasteiger partial charge >= 0.3 is 5.97 Å². The molecule has 0 saturated carbocycles. The van der Waals surface area contributed by atoms with E-state index in [2.05, 4.69) is 92.3 Å². The summed E-state index contributed by atoms with van der Waals surface area (Å²) in [5, 5.41) is 0.860. The number of sulfone groups is 1. The molecule has 286 valence electrons. The maximum Gasteiger partial charge on any atom is 0.311 e. The Morgan fingerprint density at radius 2 is 1.69 bits per heavy atom. The minimum absolute atomic E-state index is 0. The summed E-state index contributed by atoms with van der Waals surface area (Å²) in [6.07, 6.45) is 13.7. The first kappa shape index (κ1) is 41.3. The van der Waals surface area contributed by atoms with E-state index in [9.17, 15) is 13.2 Å². The van der Waals surface area contributed by atoms with Crippen LogP contribution in [0, 0.1) is 5.92 Å². The van der Waals surface area contributed by atoms with E-state index in [4.69, 9.17) is 16.3 Å². The van der Waals surface area contributed by atoms with Crippen LogP contribution >= 0.6 is 11.6 Å². The summed E-state index contributed by atoms with van der Waals surface area (Å²) in [7, 11) is -3.32. The molecule has 54 heavy (non-hydrogen) atoms. The number of hydrogen-bond acceptors (Lipinski definition) is 5. The third-order valence-electron chi connectivity index (χ3n) is 11.0. The van der Waals surface area contributed by atoms with Crippen LogP contribution in [-0.4, -0.2) is 44.0 Å². The number of para-hydroxylation sites is 2. The Kier molecular flexibility index (Phi) is 12.9. The molecule has 1 aliphatic carbocycles. The van der Waals surface area contributed by atoms with Crippen molar-refractivity contribution in [3.05, 3.63) is 124 Å². The molecular weight excluding hydrogens is 735 g/mol. The van der Waals surface area contributed by atoms with Crippen LogP contribution in [0.1, 0.15) is 90.7 Å². The summed E-state index contributed by atoms with van der Waals surface area (Å²) >= 11 is 7.22. The Balaban J connectivity index is 0.00000561. The van der Waals surface area contributed by atoms with Crippen molar-refractivity contribution in [2.24, 2.45) is 5.92 Å². The van der Waals surface area contributed by atoms with E-state index in [1.54, 1.807) is 18.2 Å². The van der Waals surface area contributed by atoms with Crippen molar-refractivity contribution in [2.75, 3.05) is 24.2 Å². The van der Waals surface area contributed by atoms with Crippen LogP contribution in [0.4, 0.5) is 11.4 Å². The summed E-state index contributed by atoms with van der Waals surface area (Å²) in [5.41, 5.74) is 11.2. The van der Waals surface area contributed by atoms with Gasteiger partial charge in [-0.1, -0.05) is 60.5 Å². The van der Waals surface area contributed by atoms with Crippen LogP contribution in [0.15, 0.2) is 118 Å². The van der Waals surface area contributed by atoms with E-state index in [1.807, 2.05) is 30.3 Å². The minimum Gasteiger partial charge on any atom is -1.00 e. The lowest BCUT2D eigenvalue weighted by Crippen LogP contribution is -3.00. The second kappa shape index (κ2) is 16.9. The molecule has 1 unspecified atom stereocenters. The van der Waals surface area contributed by atoms with E-state index in [0.717, 1.165) is 84.9 Å². The molecular formula is C45H52Cl2N2O4S. The number of rotatable bonds is 12. The van der Waals surface area contributed by atoms with Crippen molar-refractivity contribution in [1.29, 1.82) is 0 Å². The van der Waals surface area contributed by atoms with Crippen molar-refractivity contribution in [1.82, 2.24) is 0 Å². The van der Waals surface area contributed by atoms with Gasteiger partial charge in [-0.25, -0.2) is 8.42 Å². The average molecular weight is 788 g/mol. The lowest BCUT2D eigenvalue weighted by Gasteiger charge is -2.26. The van der Waals surface area contributed by atoms with Gasteiger partial charge in [0.25, 0.3) is 0 Å². The van der Waals surface area contributed by atoms with Gasteiger partial charge in [0.15, 0.2) is 15.5 Å². The lowest BCUT2D eigenvalue weighted by atomic mass is 9.81. The van der Waals surface area contributed by atoms with E-state index in [-0.39, 0.29) is 35.1 Å². The third kappa shape index (κ3) is 8.50. The van der Waals surface area contributed by atoms with Gasteiger partial charge in [-0.15, -0.1) is 5.73 Å². The van der Waals surface area contributed by atoms with Gasteiger partial charge < -0.3 is 22.0 Å². The maximum absolute atomic E-state index is 12.4. The van der Waals surface area contributed by atoms with Crippen molar-refractivity contribution in [3.8, 4) is 5.75 Å². The first-order valence-corrected chi connectivity index (χ1v) is 21.2. The second-order valence-corrected chi connectivity index (χ2v) is 17.9. The highest BCUT2D eigenvalue weighted by atomic mass is 35.5. The minimum atomic E-state index is -3.32. The Bertz CT molecular complexity index is 2160. The van der Waals surface area contributed by atoms with Crippen molar-refractivity contribution >= 4 is 44.5 Å². The van der Waals surface area contributed by atoms with E-state index in [1.165, 1.54) is 17.5 Å². The Morgan fingerprint density at radius 3 is 2.41 bits per heavy atom. The second-order valence-electron chi connectivity index (χ2n) is 15.5. The van der Waals surface area contributed by atoms with Crippen LogP contribution in [0.3, 0.4) is 0 Å². The monoisotopic (exact) mass is 786 g/mol. The molecule has 3 aliphatic rings. The summed E-state index contributed by atoms with van der Waals surface area (Å²) in [6.45, 7) is 12.6. The number of anilines is 1. The van der Waals surface area contributed by atoms with Gasteiger partial charge in [-0.3, -0.25) is 4.79 Å². The number of halogens is 2. The van der Waals surface area contributed by atoms with E-state index < -0.39 is 9.84 Å². The van der Waals surface area contributed by atoms with Gasteiger partial charge in [0.05, 0.1) is 16.0 Å². The zero-order chi connectivity index (χ0) is 38.0. The normalized spacial score (nSPS) is 18.7. The molecule has 2 aliphatic heterocycles. The highest BCUT2D eigenvalue weighted by Gasteiger charge is 2.44. The number of benzene rings is 3. The van der Waals surface area contributed by atoms with Gasteiger partial charge in [0, 0.05) is 59.0 Å². The van der Waals surface area contributed by atoms with Gasteiger partial charge in [0.2, 0.25) is 5.69 Å². The molecule has 6 nitrogen and oxygen atoms in total. The van der Waals surface area contributed by atoms with Crippen molar-refractivity contribution in [2.45, 2.75) is 95.3 Å². The maximum atomic E-state index is 12.4. The number of esters is 1. The highest BCUT2D eigenvalue weighted by Crippen LogP contribution is 2.48. The Hall–Kier alpha value is -3.87. The fourth-order valence-electron chi connectivity index (χ4n) is 8.10. The van der Waals surface area contributed by atoms with Crippen molar-refractivity contribution < 1.29 is 34.9 Å². The number of hydrogen-bond donors (Lipinski definition) is 0. The van der Waals surface area contributed by atoms with Gasteiger partial charge in [0.1, 0.15) is 12.3 Å². The molecule has 0 amide bonds. The molecule has 3 aromatic rings. The van der Waals surface area contributed by atoms with Gasteiger partial charge in [-0.2, -0.15) is 4.58 Å². The number of nitrogens with zero attached hydrogens (tertiary/aromatic N) is 2. The quantitative estimate of drug-likeness (QED) is 0.0633. The molecule has 3 aromatic carbocycles. The molecule has 0 aromatic heterocycles. The highest BCUT2D eigenvalue weighted by molar-refractivity contribution is 7.90. The zero-order valence-corrected chi connectivity index (χ0v) is 34.6. The number of ether oxygens (including phenoxy) is 1. The number of fused-ring (bicyclic) bond motifs is 2. The Morgan fingerprint density at radius 1 is 0.963 bits per heavy atom. The van der Waals surface area contributed by atoms with Crippen LogP contribution in [-0.2, 0) is 25.5 Å². The molecule has 0 saturated heterocycles. The molecule has 9 heteroatoms. The number of unbranched alkanes of at least 4 members (excludes halogenated alkanes) is 2. The molecule has 0 N–H and O–H groups in total. The molecule has 1 atom stereocenters. The molecule has 2 heterocycles. The SMILES string of the molecule is CC[N+]1=C(/C=C/C2=C(Cl)C(C=C=C3N(CCCCCC(=O)Oc4ccccc4)c4ccccc4C3(C)C)CCC2)C(C)(C)c2cc(S(C)(=O)=O)ccc21.[Cl-]. The van der Waals surface area contributed by atoms with Crippen LogP contribution in [0.5, 0.6) is 5.75 Å². The van der Waals surface area contributed by atoms with Gasteiger partial charge in [-0.05, 0) is 114 Å². The number of carbonyl (C=O) groups excluding carboxylic acids is 1. The molecule has 0 fully saturated rings. The molecule has 6 rings (SSSR count). The van der Waals surface area contributed by atoms with E-state index >= 15 is 0 Å². The third-order valence-corrected chi connectivity index (χ3v) is 12.7. The summed E-state index contributed by atoms with van der Waals surface area (Å²) < 4.78 is 32.5. The van der Waals surface area contributed by atoms with E-state index in [0.29, 0.717) is 17.1 Å². The average Bonchev–Trinajstić information content (AvgIpc) is 3.48. The standard InChI is InChI=1S/C45H52ClN2O4S.ClH/c1-7-47-39-27-26-35(53(6,50)51)31-37(39)45(4,5)40(47)28-24-32-17-16-18-33(43(32)46)25-29-41-44(2,3)36-21-13-14-22-38(36)48(41)30-15-9-12-23-42(49)52-34-19-10-8-11-20-34;/h8,10-11,13-14,19-22,24-28,31,33H,7,9,12,15-18,23,30H2,1-6H3;1H/q+1;/p-1/b28-24+;. The summed E-state index contributed by atoms with van der Waals surface area (Å²) in [4.78, 5) is 15.1. The number of allylic oxidation sites excluding steroid dienone is 5. The lowest BCUT2D eigenvalue weighted by molar-refractivity contribution is -0.433. The zero-order valence-electron chi connectivity index (χ0n) is 32.3. The molecule has 0 radical (unpaired) electrons.